The summed E-state index contributed by atoms with van der Waals surface area (Å²) in [5.41, 5.74) is 5.47. The van der Waals surface area contributed by atoms with Gasteiger partial charge in [0.15, 0.2) is 0 Å². The minimum atomic E-state index is -0.633. The van der Waals surface area contributed by atoms with Crippen LogP contribution in [-0.4, -0.2) is 30.6 Å². The maximum Gasteiger partial charge on any atom is 0.220 e. The van der Waals surface area contributed by atoms with Crippen molar-refractivity contribution in [2.75, 3.05) is 13.1 Å². The second-order valence-electron chi connectivity index (χ2n) is 9.51. The number of hydrogen-bond acceptors (Lipinski definition) is 5. The predicted octanol–water partition coefficient (Wildman–Crippen LogP) is 2.47. The Morgan fingerprint density at radius 2 is 1.81 bits per heavy atom. The lowest BCUT2D eigenvalue weighted by Gasteiger charge is -2.57. The van der Waals surface area contributed by atoms with Crippen LogP contribution >= 0.6 is 0 Å². The molecular formula is C20H32N2O4. The van der Waals surface area contributed by atoms with E-state index in [4.69, 9.17) is 20.2 Å². The molecule has 0 aromatic rings. The van der Waals surface area contributed by atoms with Crippen LogP contribution in [0.5, 0.6) is 0 Å². The molecule has 2 unspecified atom stereocenters. The van der Waals surface area contributed by atoms with Crippen molar-refractivity contribution in [3.05, 3.63) is 0 Å². The first-order valence-corrected chi connectivity index (χ1v) is 10.6. The molecule has 6 heteroatoms. The summed E-state index contributed by atoms with van der Waals surface area (Å²) in [5.74, 6) is 1.97. The molecule has 2 spiro atoms. The van der Waals surface area contributed by atoms with E-state index in [1.165, 1.54) is 32.1 Å². The summed E-state index contributed by atoms with van der Waals surface area (Å²) in [6.45, 7) is 1.02. The van der Waals surface area contributed by atoms with Gasteiger partial charge in [-0.05, 0) is 62.7 Å². The molecule has 0 aromatic carbocycles. The fourth-order valence-corrected chi connectivity index (χ4v) is 6.80. The average molecular weight is 364 g/mol. The molecule has 6 aliphatic rings. The fraction of sp³-hybridized carbons (Fsp3) is 0.950. The van der Waals surface area contributed by atoms with Gasteiger partial charge in [0.05, 0.1) is 0 Å². The van der Waals surface area contributed by atoms with Gasteiger partial charge in [-0.25, -0.2) is 0 Å². The highest BCUT2D eigenvalue weighted by molar-refractivity contribution is 5.76. The monoisotopic (exact) mass is 364 g/mol. The maximum absolute atomic E-state index is 12.1. The van der Waals surface area contributed by atoms with Crippen molar-refractivity contribution in [1.82, 2.24) is 5.32 Å². The van der Waals surface area contributed by atoms with Gasteiger partial charge in [-0.3, -0.25) is 4.79 Å². The molecule has 1 heterocycles. The summed E-state index contributed by atoms with van der Waals surface area (Å²) < 4.78 is 6.75. The van der Waals surface area contributed by atoms with Gasteiger partial charge in [0, 0.05) is 44.2 Å². The Bertz CT molecular complexity index is 540. The quantitative estimate of drug-likeness (QED) is 0.749. The zero-order chi connectivity index (χ0) is 17.8. The van der Waals surface area contributed by atoms with Crippen LogP contribution in [0.1, 0.15) is 64.2 Å². The van der Waals surface area contributed by atoms with E-state index in [1.807, 2.05) is 0 Å². The Balaban J connectivity index is 1.27. The first kappa shape index (κ1) is 17.4. The summed E-state index contributed by atoms with van der Waals surface area (Å²) in [6.07, 6.45) is 10.6. The molecule has 146 valence electrons. The Morgan fingerprint density at radius 1 is 1.08 bits per heavy atom. The minimum Gasteiger partial charge on any atom is -0.355 e. The van der Waals surface area contributed by atoms with E-state index in [0.717, 1.165) is 37.5 Å². The van der Waals surface area contributed by atoms with Gasteiger partial charge in [0.25, 0.3) is 0 Å². The van der Waals surface area contributed by atoms with Gasteiger partial charge in [-0.2, -0.15) is 9.78 Å². The molecule has 6 nitrogen and oxygen atoms in total. The van der Waals surface area contributed by atoms with Gasteiger partial charge >= 0.3 is 0 Å². The molecule has 1 amide bonds. The Labute approximate surface area is 155 Å². The molecule has 3 N–H and O–H groups in total. The molecular weight excluding hydrogens is 332 g/mol. The number of carbonyl (C=O) groups is 1. The second-order valence-corrected chi connectivity index (χ2v) is 9.51. The van der Waals surface area contributed by atoms with Crippen molar-refractivity contribution >= 4 is 5.91 Å². The van der Waals surface area contributed by atoms with Gasteiger partial charge in [0.2, 0.25) is 17.5 Å². The number of ether oxygens (including phenoxy) is 1. The lowest BCUT2D eigenvalue weighted by molar-refractivity contribution is -0.390. The number of rotatable bonds is 4. The van der Waals surface area contributed by atoms with Crippen LogP contribution in [0.15, 0.2) is 0 Å². The highest BCUT2D eigenvalue weighted by Gasteiger charge is 2.66. The minimum absolute atomic E-state index is 0.0840. The van der Waals surface area contributed by atoms with Crippen LogP contribution in [0, 0.1) is 29.6 Å². The van der Waals surface area contributed by atoms with Gasteiger partial charge in [0.1, 0.15) is 0 Å². The molecule has 0 aromatic heterocycles. The zero-order valence-corrected chi connectivity index (χ0v) is 15.6. The first-order valence-electron chi connectivity index (χ1n) is 10.6. The SMILES string of the molecule is NCCNC(=O)CC1CCCC2(C1)OOC1(O2)C2CC3CC(C2)CC1C3. The Kier molecular flexibility index (Phi) is 4.31. The third kappa shape index (κ3) is 2.81. The van der Waals surface area contributed by atoms with Gasteiger partial charge < -0.3 is 15.8 Å². The van der Waals surface area contributed by atoms with Crippen molar-refractivity contribution in [3.63, 3.8) is 0 Å². The normalized spacial score (nSPS) is 49.2. The van der Waals surface area contributed by atoms with Crippen LogP contribution < -0.4 is 11.1 Å². The molecule has 1 saturated heterocycles. The van der Waals surface area contributed by atoms with E-state index in [0.29, 0.717) is 31.3 Å². The summed E-state index contributed by atoms with van der Waals surface area (Å²) >= 11 is 0. The van der Waals surface area contributed by atoms with Crippen LogP contribution in [0.4, 0.5) is 0 Å². The van der Waals surface area contributed by atoms with Gasteiger partial charge in [-0.15, -0.1) is 0 Å². The zero-order valence-electron chi connectivity index (χ0n) is 15.6. The van der Waals surface area contributed by atoms with E-state index in [1.54, 1.807) is 0 Å². The molecule has 6 rings (SSSR count). The van der Waals surface area contributed by atoms with Crippen LogP contribution in [0.25, 0.3) is 0 Å². The predicted molar refractivity (Wildman–Crippen MR) is 94.4 cm³/mol. The van der Waals surface area contributed by atoms with Crippen LogP contribution in [0.3, 0.4) is 0 Å². The van der Waals surface area contributed by atoms with Gasteiger partial charge in [-0.1, -0.05) is 0 Å². The third-order valence-corrected chi connectivity index (χ3v) is 7.66. The standard InChI is InChI=1S/C20H32N2O4/c21-4-5-22-18(23)11-13-2-1-3-19(12-13)24-20(26-25-19)16-7-14-6-15(9-16)10-17(20)8-14/h13-17H,1-12,21H2,(H,22,23). The number of hydrogen-bond donors (Lipinski definition) is 2. The summed E-state index contributed by atoms with van der Waals surface area (Å²) in [6, 6.07) is 0. The highest BCUT2D eigenvalue weighted by Crippen LogP contribution is 2.64. The van der Waals surface area contributed by atoms with E-state index in [2.05, 4.69) is 5.32 Å². The van der Waals surface area contributed by atoms with Crippen molar-refractivity contribution < 1.29 is 19.3 Å². The summed E-state index contributed by atoms with van der Waals surface area (Å²) in [5, 5.41) is 2.88. The molecule has 1 aliphatic heterocycles. The lowest BCUT2D eigenvalue weighted by Crippen LogP contribution is -2.59. The van der Waals surface area contributed by atoms with Crippen LogP contribution in [-0.2, 0) is 19.3 Å². The molecule has 26 heavy (non-hydrogen) atoms. The number of amides is 1. The lowest BCUT2D eigenvalue weighted by atomic mass is 9.53. The van der Waals surface area contributed by atoms with Crippen molar-refractivity contribution in [1.29, 1.82) is 0 Å². The fourth-order valence-electron chi connectivity index (χ4n) is 6.80. The van der Waals surface area contributed by atoms with E-state index in [9.17, 15) is 4.79 Å². The number of nitrogens with two attached hydrogens (primary N) is 1. The second kappa shape index (κ2) is 6.43. The third-order valence-electron chi connectivity index (χ3n) is 7.66. The topological polar surface area (TPSA) is 82.8 Å². The molecule has 0 radical (unpaired) electrons. The summed E-state index contributed by atoms with van der Waals surface area (Å²) in [7, 11) is 0. The summed E-state index contributed by atoms with van der Waals surface area (Å²) in [4.78, 5) is 24.2. The molecule has 2 atom stereocenters. The molecule has 4 bridgehead atoms. The maximum atomic E-state index is 12.1. The van der Waals surface area contributed by atoms with E-state index in [-0.39, 0.29) is 11.8 Å². The van der Waals surface area contributed by atoms with Crippen molar-refractivity contribution in [2.24, 2.45) is 35.3 Å². The molecule has 5 aliphatic carbocycles. The number of nitrogens with one attached hydrogen (secondary N) is 1. The van der Waals surface area contributed by atoms with Crippen molar-refractivity contribution in [3.8, 4) is 0 Å². The molecule has 5 saturated carbocycles. The number of carbonyl (C=O) groups excluding carboxylic acids is 1. The van der Waals surface area contributed by atoms with E-state index < -0.39 is 11.6 Å². The average Bonchev–Trinajstić information content (AvgIpc) is 2.97. The van der Waals surface area contributed by atoms with E-state index >= 15 is 0 Å². The smallest absolute Gasteiger partial charge is 0.220 e. The first-order chi connectivity index (χ1) is 12.6. The Morgan fingerprint density at radius 3 is 2.50 bits per heavy atom. The Hall–Kier alpha value is -0.690. The largest absolute Gasteiger partial charge is 0.355 e. The van der Waals surface area contributed by atoms with Crippen molar-refractivity contribution in [2.45, 2.75) is 75.8 Å². The molecule has 6 fully saturated rings. The highest BCUT2D eigenvalue weighted by atomic mass is 17.3. The van der Waals surface area contributed by atoms with Crippen LogP contribution in [0.2, 0.25) is 0 Å².